The van der Waals surface area contributed by atoms with Crippen LogP contribution in [0, 0.1) is 24.0 Å². The van der Waals surface area contributed by atoms with Gasteiger partial charge in [-0.2, -0.15) is 4.68 Å². The SMILES string of the molecule is Cc1ccc(-n2nnnc2SCC(=O)Nc2c(C)cccc2[N+](=O)[O-])cc1. The molecule has 10 heteroatoms. The number of thioether (sulfide) groups is 1. The van der Waals surface area contributed by atoms with Gasteiger partial charge < -0.3 is 5.32 Å². The molecule has 27 heavy (non-hydrogen) atoms. The molecular weight excluding hydrogens is 368 g/mol. The van der Waals surface area contributed by atoms with Crippen molar-refractivity contribution >= 4 is 29.0 Å². The molecule has 0 atom stereocenters. The van der Waals surface area contributed by atoms with Gasteiger partial charge in [0.25, 0.3) is 5.69 Å². The molecule has 1 heterocycles. The summed E-state index contributed by atoms with van der Waals surface area (Å²) < 4.78 is 1.54. The predicted octanol–water partition coefficient (Wildman–Crippen LogP) is 2.92. The van der Waals surface area contributed by atoms with E-state index in [2.05, 4.69) is 20.8 Å². The topological polar surface area (TPSA) is 116 Å². The number of carbonyl (C=O) groups excluding carboxylic acids is 1. The maximum atomic E-state index is 12.3. The molecular formula is C17H16N6O3S. The van der Waals surface area contributed by atoms with Crippen molar-refractivity contribution in [3.8, 4) is 5.69 Å². The van der Waals surface area contributed by atoms with Crippen LogP contribution in [0.15, 0.2) is 47.6 Å². The van der Waals surface area contributed by atoms with Crippen molar-refractivity contribution < 1.29 is 9.72 Å². The highest BCUT2D eigenvalue weighted by molar-refractivity contribution is 7.99. The minimum Gasteiger partial charge on any atom is -0.319 e. The van der Waals surface area contributed by atoms with E-state index < -0.39 is 4.92 Å². The highest BCUT2D eigenvalue weighted by Crippen LogP contribution is 2.28. The maximum Gasteiger partial charge on any atom is 0.293 e. The van der Waals surface area contributed by atoms with E-state index in [9.17, 15) is 14.9 Å². The number of amides is 1. The van der Waals surface area contributed by atoms with Gasteiger partial charge in [-0.25, -0.2) is 0 Å². The number of nitrogens with zero attached hydrogens (tertiary/aromatic N) is 5. The lowest BCUT2D eigenvalue weighted by Gasteiger charge is -2.09. The molecule has 0 saturated heterocycles. The Labute approximate surface area is 158 Å². The molecule has 0 fully saturated rings. The molecule has 0 unspecified atom stereocenters. The number of nitro benzene ring substituents is 1. The summed E-state index contributed by atoms with van der Waals surface area (Å²) in [5, 5.41) is 25.7. The number of anilines is 1. The molecule has 1 amide bonds. The predicted molar refractivity (Wildman–Crippen MR) is 101 cm³/mol. The number of hydrogen-bond acceptors (Lipinski definition) is 7. The lowest BCUT2D eigenvalue weighted by Crippen LogP contribution is -2.16. The summed E-state index contributed by atoms with van der Waals surface area (Å²) in [5.74, 6) is -0.367. The number of nitrogens with one attached hydrogen (secondary N) is 1. The zero-order chi connectivity index (χ0) is 19.4. The van der Waals surface area contributed by atoms with E-state index in [-0.39, 0.29) is 23.0 Å². The van der Waals surface area contributed by atoms with E-state index in [0.717, 1.165) is 23.0 Å². The number of rotatable bonds is 6. The van der Waals surface area contributed by atoms with Crippen molar-refractivity contribution in [3.05, 3.63) is 63.7 Å². The third-order valence-electron chi connectivity index (χ3n) is 3.76. The molecule has 0 radical (unpaired) electrons. The summed E-state index contributed by atoms with van der Waals surface area (Å²) in [6, 6.07) is 12.3. The molecule has 3 aromatic rings. The van der Waals surface area contributed by atoms with Crippen molar-refractivity contribution in [2.45, 2.75) is 19.0 Å². The average Bonchev–Trinajstić information content (AvgIpc) is 3.10. The Morgan fingerprint density at radius 2 is 1.96 bits per heavy atom. The minimum atomic E-state index is -0.520. The number of aromatic nitrogens is 4. The van der Waals surface area contributed by atoms with E-state index in [1.807, 2.05) is 31.2 Å². The van der Waals surface area contributed by atoms with Crippen LogP contribution in [0.3, 0.4) is 0 Å². The number of carbonyl (C=O) groups is 1. The molecule has 0 aliphatic heterocycles. The highest BCUT2D eigenvalue weighted by Gasteiger charge is 2.18. The molecule has 138 valence electrons. The zero-order valence-corrected chi connectivity index (χ0v) is 15.4. The van der Waals surface area contributed by atoms with Gasteiger partial charge in [-0.05, 0) is 42.0 Å². The first-order chi connectivity index (χ1) is 13.0. The van der Waals surface area contributed by atoms with E-state index >= 15 is 0 Å². The first kappa shape index (κ1) is 18.5. The summed E-state index contributed by atoms with van der Waals surface area (Å²) in [5.41, 5.74) is 2.57. The molecule has 0 saturated carbocycles. The van der Waals surface area contributed by atoms with Gasteiger partial charge in [0, 0.05) is 6.07 Å². The number of tetrazole rings is 1. The van der Waals surface area contributed by atoms with Crippen molar-refractivity contribution in [1.29, 1.82) is 0 Å². The smallest absolute Gasteiger partial charge is 0.293 e. The lowest BCUT2D eigenvalue weighted by atomic mass is 10.1. The van der Waals surface area contributed by atoms with Crippen LogP contribution in [0.5, 0.6) is 0 Å². The molecule has 3 rings (SSSR count). The number of benzene rings is 2. The summed E-state index contributed by atoms with van der Waals surface area (Å²) >= 11 is 1.15. The minimum absolute atomic E-state index is 0.0116. The van der Waals surface area contributed by atoms with E-state index in [0.29, 0.717) is 10.7 Å². The van der Waals surface area contributed by atoms with Gasteiger partial charge in [-0.15, -0.1) is 5.10 Å². The Hall–Kier alpha value is -3.27. The second-order valence-electron chi connectivity index (χ2n) is 5.77. The van der Waals surface area contributed by atoms with Gasteiger partial charge >= 0.3 is 0 Å². The Bertz CT molecular complexity index is 987. The largest absolute Gasteiger partial charge is 0.319 e. The number of para-hydroxylation sites is 1. The van der Waals surface area contributed by atoms with Gasteiger partial charge in [0.1, 0.15) is 5.69 Å². The van der Waals surface area contributed by atoms with E-state index in [1.54, 1.807) is 19.1 Å². The van der Waals surface area contributed by atoms with Crippen molar-refractivity contribution in [2.24, 2.45) is 0 Å². The highest BCUT2D eigenvalue weighted by atomic mass is 32.2. The quantitative estimate of drug-likeness (QED) is 0.394. The van der Waals surface area contributed by atoms with Gasteiger partial charge in [-0.1, -0.05) is 41.6 Å². The van der Waals surface area contributed by atoms with Gasteiger partial charge in [0.15, 0.2) is 0 Å². The summed E-state index contributed by atoms with van der Waals surface area (Å²) in [6.07, 6.45) is 0. The molecule has 1 N–H and O–H groups in total. The van der Waals surface area contributed by atoms with Gasteiger partial charge in [0.2, 0.25) is 11.1 Å². The third-order valence-corrected chi connectivity index (χ3v) is 4.68. The number of nitro groups is 1. The van der Waals surface area contributed by atoms with Crippen LogP contribution in [0.4, 0.5) is 11.4 Å². The summed E-state index contributed by atoms with van der Waals surface area (Å²) in [4.78, 5) is 22.9. The van der Waals surface area contributed by atoms with Crippen LogP contribution < -0.4 is 5.32 Å². The first-order valence-electron chi connectivity index (χ1n) is 7.98. The Morgan fingerprint density at radius 1 is 1.22 bits per heavy atom. The van der Waals surface area contributed by atoms with Crippen molar-refractivity contribution in [3.63, 3.8) is 0 Å². The van der Waals surface area contributed by atoms with E-state index in [1.165, 1.54) is 10.7 Å². The number of hydrogen-bond donors (Lipinski definition) is 1. The molecule has 0 bridgehead atoms. The monoisotopic (exact) mass is 384 g/mol. The molecule has 2 aromatic carbocycles. The fourth-order valence-electron chi connectivity index (χ4n) is 2.39. The zero-order valence-electron chi connectivity index (χ0n) is 14.6. The Balaban J connectivity index is 1.70. The lowest BCUT2D eigenvalue weighted by molar-refractivity contribution is -0.384. The molecule has 9 nitrogen and oxygen atoms in total. The fraction of sp³-hybridized carbons (Fsp3) is 0.176. The summed E-state index contributed by atoms with van der Waals surface area (Å²) in [6.45, 7) is 3.68. The van der Waals surface area contributed by atoms with Crippen LogP contribution in [0.1, 0.15) is 11.1 Å². The molecule has 1 aromatic heterocycles. The first-order valence-corrected chi connectivity index (χ1v) is 8.96. The molecule has 0 spiro atoms. The molecule has 0 aliphatic carbocycles. The Kier molecular flexibility index (Phi) is 5.46. The van der Waals surface area contributed by atoms with Crippen molar-refractivity contribution in [2.75, 3.05) is 11.1 Å². The van der Waals surface area contributed by atoms with E-state index in [4.69, 9.17) is 0 Å². The Morgan fingerprint density at radius 3 is 2.67 bits per heavy atom. The van der Waals surface area contributed by atoms with Crippen molar-refractivity contribution in [1.82, 2.24) is 20.2 Å². The van der Waals surface area contributed by atoms with Crippen LogP contribution in [-0.4, -0.2) is 36.8 Å². The number of aryl methyl sites for hydroxylation is 2. The van der Waals surface area contributed by atoms with Gasteiger partial charge in [-0.3, -0.25) is 14.9 Å². The maximum absolute atomic E-state index is 12.3. The van der Waals surface area contributed by atoms with Crippen LogP contribution in [-0.2, 0) is 4.79 Å². The van der Waals surface area contributed by atoms with Gasteiger partial charge in [0.05, 0.1) is 16.4 Å². The fourth-order valence-corrected chi connectivity index (χ4v) is 3.08. The third kappa shape index (κ3) is 4.29. The van der Waals surface area contributed by atoms with Crippen LogP contribution in [0.2, 0.25) is 0 Å². The average molecular weight is 384 g/mol. The normalized spacial score (nSPS) is 10.6. The van der Waals surface area contributed by atoms with Crippen LogP contribution in [0.25, 0.3) is 5.69 Å². The summed E-state index contributed by atoms with van der Waals surface area (Å²) in [7, 11) is 0. The molecule has 0 aliphatic rings. The second-order valence-corrected chi connectivity index (χ2v) is 6.71. The van der Waals surface area contributed by atoms with Crippen LogP contribution >= 0.6 is 11.8 Å². The standard InChI is InChI=1S/C17H16N6O3S/c1-11-6-8-13(9-7-11)22-17(19-20-21-22)27-10-15(24)18-16-12(2)4-3-5-14(16)23(25)26/h3-9H,10H2,1-2H3,(H,18,24). The second kappa shape index (κ2) is 7.96.